The van der Waals surface area contributed by atoms with E-state index in [1.54, 1.807) is 12.1 Å². The number of carbonyl (C=O) groups is 1. The molecule has 4 nitrogen and oxygen atoms in total. The second-order valence-corrected chi connectivity index (χ2v) is 5.57. The van der Waals surface area contributed by atoms with Gasteiger partial charge in [0.2, 0.25) is 0 Å². The molecule has 0 spiro atoms. The summed E-state index contributed by atoms with van der Waals surface area (Å²) in [4.78, 5) is 11.4. The topological polar surface area (TPSA) is 81.1 Å². The quantitative estimate of drug-likeness (QED) is 0.427. The number of unbranched alkanes of at least 4 members (excludes halogenated alkanes) is 7. The van der Waals surface area contributed by atoms with Crippen LogP contribution in [0.5, 0.6) is 0 Å². The monoisotopic (exact) mass is 291 g/mol. The molecule has 1 rings (SSSR count). The molecule has 1 aromatic rings. The van der Waals surface area contributed by atoms with Crippen molar-refractivity contribution in [2.45, 2.75) is 58.3 Å². The molecule has 0 aliphatic carbocycles. The summed E-state index contributed by atoms with van der Waals surface area (Å²) in [6, 6.07) is 5.22. The zero-order valence-corrected chi connectivity index (χ0v) is 13.2. The number of carbonyl (C=O) groups excluding carboxylic acids is 1. The third-order valence-electron chi connectivity index (χ3n) is 3.65. The minimum Gasteiger partial charge on any atom is -0.399 e. The summed E-state index contributed by atoms with van der Waals surface area (Å²) in [6.45, 7) is 3.10. The smallest absolute Gasteiger partial charge is 0.250 e. The van der Waals surface area contributed by atoms with Gasteiger partial charge in [-0.25, -0.2) is 0 Å². The standard InChI is InChI=1S/C17H29N3O/c1-2-3-4-5-6-7-8-9-12-20-16-11-10-14(18)13-15(16)17(19)21/h10-11,13,20H,2-9,12,18H2,1H3,(H2,19,21). The summed E-state index contributed by atoms with van der Waals surface area (Å²) in [5, 5.41) is 3.28. The highest BCUT2D eigenvalue weighted by Gasteiger charge is 2.07. The SMILES string of the molecule is CCCCCCCCCCNc1ccc(N)cc1C(N)=O. The van der Waals surface area contributed by atoms with Crippen LogP contribution in [0.1, 0.15) is 68.6 Å². The van der Waals surface area contributed by atoms with E-state index in [9.17, 15) is 4.79 Å². The second-order valence-electron chi connectivity index (χ2n) is 5.57. The van der Waals surface area contributed by atoms with Crippen molar-refractivity contribution in [3.8, 4) is 0 Å². The Hall–Kier alpha value is -1.71. The van der Waals surface area contributed by atoms with Crippen LogP contribution in [-0.2, 0) is 0 Å². The van der Waals surface area contributed by atoms with Gasteiger partial charge in [0.15, 0.2) is 0 Å². The minimum absolute atomic E-state index is 0.444. The molecule has 0 bridgehead atoms. The van der Waals surface area contributed by atoms with Crippen LogP contribution >= 0.6 is 0 Å². The number of nitrogens with two attached hydrogens (primary N) is 2. The minimum atomic E-state index is -0.444. The van der Waals surface area contributed by atoms with Crippen LogP contribution < -0.4 is 16.8 Å². The number of nitrogen functional groups attached to an aromatic ring is 1. The lowest BCUT2D eigenvalue weighted by atomic mass is 10.1. The van der Waals surface area contributed by atoms with Gasteiger partial charge in [-0.3, -0.25) is 4.79 Å². The predicted molar refractivity (Wildman–Crippen MR) is 90.5 cm³/mol. The highest BCUT2D eigenvalue weighted by Crippen LogP contribution is 2.18. The van der Waals surface area contributed by atoms with Crippen molar-refractivity contribution in [2.75, 3.05) is 17.6 Å². The second kappa shape index (κ2) is 10.1. The Morgan fingerprint density at radius 3 is 2.29 bits per heavy atom. The Morgan fingerprint density at radius 1 is 1.05 bits per heavy atom. The normalized spacial score (nSPS) is 10.5. The first kappa shape index (κ1) is 17.3. The fraction of sp³-hybridized carbons (Fsp3) is 0.588. The fourth-order valence-electron chi connectivity index (χ4n) is 2.40. The van der Waals surface area contributed by atoms with Crippen molar-refractivity contribution in [3.05, 3.63) is 23.8 Å². The molecule has 0 aliphatic rings. The molecular formula is C17H29N3O. The summed E-state index contributed by atoms with van der Waals surface area (Å²) in [5.74, 6) is -0.444. The van der Waals surface area contributed by atoms with Crippen molar-refractivity contribution >= 4 is 17.3 Å². The molecule has 1 aromatic carbocycles. The molecule has 0 saturated carbocycles. The third kappa shape index (κ3) is 7.02. The third-order valence-corrected chi connectivity index (χ3v) is 3.65. The maximum absolute atomic E-state index is 11.4. The lowest BCUT2D eigenvalue weighted by molar-refractivity contribution is 0.100. The number of hydrogen-bond acceptors (Lipinski definition) is 3. The van der Waals surface area contributed by atoms with E-state index in [2.05, 4.69) is 12.2 Å². The lowest BCUT2D eigenvalue weighted by Gasteiger charge is -2.10. The molecule has 118 valence electrons. The van der Waals surface area contributed by atoms with Crippen LogP contribution in [0.3, 0.4) is 0 Å². The molecule has 0 heterocycles. The largest absolute Gasteiger partial charge is 0.399 e. The molecule has 0 aliphatic heterocycles. The summed E-state index contributed by atoms with van der Waals surface area (Å²) in [5.41, 5.74) is 12.8. The predicted octanol–water partition coefficient (Wildman–Crippen LogP) is 3.92. The van der Waals surface area contributed by atoms with E-state index in [0.29, 0.717) is 11.3 Å². The summed E-state index contributed by atoms with van der Waals surface area (Å²) >= 11 is 0. The van der Waals surface area contributed by atoms with E-state index in [0.717, 1.165) is 18.7 Å². The molecule has 21 heavy (non-hydrogen) atoms. The van der Waals surface area contributed by atoms with E-state index in [-0.39, 0.29) is 0 Å². The summed E-state index contributed by atoms with van der Waals surface area (Å²) < 4.78 is 0. The molecule has 1 amide bonds. The van der Waals surface area contributed by atoms with E-state index in [1.807, 2.05) is 6.07 Å². The molecule has 0 radical (unpaired) electrons. The van der Waals surface area contributed by atoms with Gasteiger partial charge in [-0.2, -0.15) is 0 Å². The van der Waals surface area contributed by atoms with Crippen molar-refractivity contribution in [1.29, 1.82) is 0 Å². The molecule has 0 saturated heterocycles. The van der Waals surface area contributed by atoms with Crippen LogP contribution in [0.15, 0.2) is 18.2 Å². The average molecular weight is 291 g/mol. The molecule has 4 heteroatoms. The maximum atomic E-state index is 11.4. The van der Waals surface area contributed by atoms with Gasteiger partial charge in [0.25, 0.3) is 5.91 Å². The van der Waals surface area contributed by atoms with Crippen LogP contribution in [0.2, 0.25) is 0 Å². The Kier molecular flexibility index (Phi) is 8.32. The van der Waals surface area contributed by atoms with Gasteiger partial charge in [-0.15, -0.1) is 0 Å². The Balaban J connectivity index is 2.20. The van der Waals surface area contributed by atoms with Crippen LogP contribution in [0.4, 0.5) is 11.4 Å². The van der Waals surface area contributed by atoms with Crippen molar-refractivity contribution < 1.29 is 4.79 Å². The number of amides is 1. The molecule has 0 fully saturated rings. The average Bonchev–Trinajstić information content (AvgIpc) is 2.46. The molecule has 0 aromatic heterocycles. The highest BCUT2D eigenvalue weighted by molar-refractivity contribution is 5.99. The summed E-state index contributed by atoms with van der Waals surface area (Å²) in [6.07, 6.45) is 10.3. The van der Waals surface area contributed by atoms with Crippen LogP contribution in [0.25, 0.3) is 0 Å². The first-order valence-electron chi connectivity index (χ1n) is 8.08. The molecule has 5 N–H and O–H groups in total. The number of primary amides is 1. The Bertz CT molecular complexity index is 432. The van der Waals surface area contributed by atoms with Gasteiger partial charge >= 0.3 is 0 Å². The highest BCUT2D eigenvalue weighted by atomic mass is 16.1. The summed E-state index contributed by atoms with van der Waals surface area (Å²) in [7, 11) is 0. The lowest BCUT2D eigenvalue weighted by Crippen LogP contribution is -2.15. The first-order chi connectivity index (χ1) is 10.1. The van der Waals surface area contributed by atoms with Crippen LogP contribution in [0, 0.1) is 0 Å². The number of anilines is 2. The zero-order chi connectivity index (χ0) is 15.5. The van der Waals surface area contributed by atoms with Crippen molar-refractivity contribution in [3.63, 3.8) is 0 Å². The zero-order valence-electron chi connectivity index (χ0n) is 13.2. The number of hydrogen-bond donors (Lipinski definition) is 3. The van der Waals surface area contributed by atoms with Crippen molar-refractivity contribution in [1.82, 2.24) is 0 Å². The first-order valence-corrected chi connectivity index (χ1v) is 8.08. The van der Waals surface area contributed by atoms with Gasteiger partial charge in [0.1, 0.15) is 0 Å². The van der Waals surface area contributed by atoms with Gasteiger partial charge in [0.05, 0.1) is 5.56 Å². The Labute approximate surface area is 128 Å². The van der Waals surface area contributed by atoms with E-state index in [4.69, 9.17) is 11.5 Å². The van der Waals surface area contributed by atoms with Crippen LogP contribution in [-0.4, -0.2) is 12.5 Å². The number of rotatable bonds is 11. The Morgan fingerprint density at radius 2 is 1.67 bits per heavy atom. The van der Waals surface area contributed by atoms with E-state index in [1.165, 1.54) is 44.9 Å². The molecule has 0 unspecified atom stereocenters. The van der Waals surface area contributed by atoms with Crippen molar-refractivity contribution in [2.24, 2.45) is 5.73 Å². The van der Waals surface area contributed by atoms with E-state index >= 15 is 0 Å². The van der Waals surface area contributed by atoms with Gasteiger partial charge in [-0.1, -0.05) is 51.9 Å². The van der Waals surface area contributed by atoms with Gasteiger partial charge in [0, 0.05) is 17.9 Å². The molecular weight excluding hydrogens is 262 g/mol. The fourth-order valence-corrected chi connectivity index (χ4v) is 2.40. The van der Waals surface area contributed by atoms with Gasteiger partial charge in [-0.05, 0) is 24.6 Å². The van der Waals surface area contributed by atoms with E-state index < -0.39 is 5.91 Å². The number of nitrogens with one attached hydrogen (secondary N) is 1. The molecule has 0 atom stereocenters. The number of benzene rings is 1. The van der Waals surface area contributed by atoms with Gasteiger partial charge < -0.3 is 16.8 Å². The maximum Gasteiger partial charge on any atom is 0.250 e.